The highest BCUT2D eigenvalue weighted by Gasteiger charge is 2.29. The Morgan fingerprint density at radius 1 is 0.625 bits per heavy atom. The number of esters is 2. The number of carbonyl (C=O) groups excluding carboxylic acids is 3. The van der Waals surface area contributed by atoms with Crippen molar-refractivity contribution in [1.29, 1.82) is 0 Å². The van der Waals surface area contributed by atoms with Gasteiger partial charge < -0.3 is 9.84 Å². The summed E-state index contributed by atoms with van der Waals surface area (Å²) in [5.41, 5.74) is 0. The van der Waals surface area contributed by atoms with Crippen molar-refractivity contribution >= 4 is 23.7 Å². The van der Waals surface area contributed by atoms with Crippen LogP contribution in [0.1, 0.15) is 136 Å². The lowest BCUT2D eigenvalue weighted by molar-refractivity contribution is -0.164. The van der Waals surface area contributed by atoms with Crippen molar-refractivity contribution in [2.45, 2.75) is 136 Å². The van der Waals surface area contributed by atoms with Gasteiger partial charge in [-0.2, -0.15) is 0 Å². The third-order valence-corrected chi connectivity index (χ3v) is 5.78. The van der Waals surface area contributed by atoms with E-state index in [1.807, 2.05) is 0 Å². The average molecular weight is 455 g/mol. The number of carboxylic acid groups (broad SMARTS) is 1. The van der Waals surface area contributed by atoms with Gasteiger partial charge in [0.05, 0.1) is 0 Å². The molecule has 0 saturated heterocycles. The van der Waals surface area contributed by atoms with E-state index in [0.717, 1.165) is 38.5 Å². The van der Waals surface area contributed by atoms with Gasteiger partial charge in [-0.05, 0) is 25.7 Å². The normalized spacial score (nSPS) is 11.8. The maximum absolute atomic E-state index is 12.6. The molecule has 0 aromatic carbocycles. The topological polar surface area (TPSA) is 97.7 Å². The number of aliphatic carboxylic acids is 1. The Morgan fingerprint density at radius 2 is 1.09 bits per heavy atom. The zero-order valence-corrected chi connectivity index (χ0v) is 20.5. The van der Waals surface area contributed by atoms with Crippen LogP contribution < -0.4 is 0 Å². The third kappa shape index (κ3) is 17.9. The van der Waals surface area contributed by atoms with Gasteiger partial charge in [-0.15, -0.1) is 0 Å². The number of carbonyl (C=O) groups is 4. The molecule has 0 heterocycles. The predicted octanol–water partition coefficient (Wildman–Crippen LogP) is 6.78. The van der Waals surface area contributed by atoms with Crippen LogP contribution in [0.3, 0.4) is 0 Å². The van der Waals surface area contributed by atoms with Crippen molar-refractivity contribution < 1.29 is 29.0 Å². The van der Waals surface area contributed by atoms with Gasteiger partial charge in [0, 0.05) is 19.3 Å². The third-order valence-electron chi connectivity index (χ3n) is 5.78. The maximum Gasteiger partial charge on any atom is 0.324 e. The summed E-state index contributed by atoms with van der Waals surface area (Å²) in [7, 11) is 0. The number of ether oxygens (including phenoxy) is 1. The molecule has 0 rings (SSSR count). The molecule has 0 fully saturated rings. The van der Waals surface area contributed by atoms with E-state index in [1.54, 1.807) is 0 Å². The van der Waals surface area contributed by atoms with Gasteiger partial charge in [0.25, 0.3) is 0 Å². The molecule has 1 unspecified atom stereocenters. The van der Waals surface area contributed by atoms with Crippen LogP contribution in [-0.4, -0.2) is 28.8 Å². The molecular formula is C26H46O6. The van der Waals surface area contributed by atoms with Crippen LogP contribution in [-0.2, 0) is 23.9 Å². The van der Waals surface area contributed by atoms with Crippen LogP contribution in [0.2, 0.25) is 0 Å². The number of rotatable bonds is 22. The summed E-state index contributed by atoms with van der Waals surface area (Å²) in [5, 5.41) is 8.84. The standard InChI is InChI=1S/C26H46O6/c1-3-5-7-9-11-13-15-19-23(27)22(18-17-20-24(28)29)26(31)32-25(30)21-16-14-12-10-8-6-4-2/h22H,3-21H2,1-2H3,(H,28,29). The Labute approximate surface area is 194 Å². The Bertz CT molecular complexity index is 528. The first-order chi connectivity index (χ1) is 15.4. The molecule has 1 atom stereocenters. The lowest BCUT2D eigenvalue weighted by Gasteiger charge is -2.14. The van der Waals surface area contributed by atoms with E-state index in [1.165, 1.54) is 38.5 Å². The fourth-order valence-electron chi connectivity index (χ4n) is 3.76. The van der Waals surface area contributed by atoms with E-state index in [2.05, 4.69) is 13.8 Å². The van der Waals surface area contributed by atoms with E-state index in [0.29, 0.717) is 12.8 Å². The van der Waals surface area contributed by atoms with Crippen molar-refractivity contribution in [2.24, 2.45) is 5.92 Å². The van der Waals surface area contributed by atoms with Crippen molar-refractivity contribution in [3.63, 3.8) is 0 Å². The summed E-state index contributed by atoms with van der Waals surface area (Å²) in [6.45, 7) is 4.34. The zero-order valence-electron chi connectivity index (χ0n) is 20.5. The molecular weight excluding hydrogens is 408 g/mol. The number of carboxylic acids is 1. The first kappa shape index (κ1) is 30.3. The van der Waals surface area contributed by atoms with Crippen LogP contribution in [0.25, 0.3) is 0 Å². The lowest BCUT2D eigenvalue weighted by atomic mass is 9.93. The fourth-order valence-corrected chi connectivity index (χ4v) is 3.76. The minimum Gasteiger partial charge on any atom is -0.481 e. The van der Waals surface area contributed by atoms with Crippen LogP contribution in [0, 0.1) is 5.92 Å². The highest BCUT2D eigenvalue weighted by atomic mass is 16.6. The molecule has 0 saturated carbocycles. The quantitative estimate of drug-likeness (QED) is 0.110. The van der Waals surface area contributed by atoms with Gasteiger partial charge in [0.2, 0.25) is 0 Å². The Balaban J connectivity index is 4.38. The lowest BCUT2D eigenvalue weighted by Crippen LogP contribution is -2.28. The van der Waals surface area contributed by atoms with Crippen LogP contribution in [0.5, 0.6) is 0 Å². The van der Waals surface area contributed by atoms with E-state index < -0.39 is 23.8 Å². The van der Waals surface area contributed by atoms with E-state index in [4.69, 9.17) is 9.84 Å². The molecule has 0 aliphatic rings. The molecule has 0 amide bonds. The number of Topliss-reactive ketones (excluding diaryl/α,β-unsaturated/α-hetero) is 1. The van der Waals surface area contributed by atoms with Crippen molar-refractivity contribution in [3.8, 4) is 0 Å². The van der Waals surface area contributed by atoms with Gasteiger partial charge in [-0.3, -0.25) is 19.2 Å². The monoisotopic (exact) mass is 454 g/mol. The first-order valence-electron chi connectivity index (χ1n) is 12.9. The minimum atomic E-state index is -1.03. The van der Waals surface area contributed by atoms with E-state index in [9.17, 15) is 19.2 Å². The van der Waals surface area contributed by atoms with E-state index >= 15 is 0 Å². The summed E-state index contributed by atoms with van der Waals surface area (Å²) < 4.78 is 4.96. The molecule has 0 aromatic rings. The highest BCUT2D eigenvalue weighted by molar-refractivity contribution is 6.02. The van der Waals surface area contributed by atoms with Crippen molar-refractivity contribution in [3.05, 3.63) is 0 Å². The van der Waals surface area contributed by atoms with Crippen LogP contribution in [0.4, 0.5) is 0 Å². The molecule has 1 N–H and O–H groups in total. The molecule has 0 bridgehead atoms. The molecule has 6 heteroatoms. The predicted molar refractivity (Wildman–Crippen MR) is 126 cm³/mol. The van der Waals surface area contributed by atoms with E-state index in [-0.39, 0.29) is 37.9 Å². The SMILES string of the molecule is CCCCCCCCCC(=O)OC(=O)C(CCCC(=O)O)C(=O)CCCCCCCCC. The second kappa shape index (κ2) is 21.1. The summed E-state index contributed by atoms with van der Waals surface area (Å²) in [6.07, 6.45) is 15.6. The number of unbranched alkanes of at least 4 members (excludes halogenated alkanes) is 12. The Morgan fingerprint density at radius 3 is 1.59 bits per heavy atom. The molecule has 32 heavy (non-hydrogen) atoms. The minimum absolute atomic E-state index is 0.111. The molecule has 0 aliphatic heterocycles. The first-order valence-corrected chi connectivity index (χ1v) is 12.9. The van der Waals surface area contributed by atoms with Gasteiger partial charge >= 0.3 is 17.9 Å². The molecule has 0 aromatic heterocycles. The average Bonchev–Trinajstić information content (AvgIpc) is 2.75. The summed E-state index contributed by atoms with van der Waals surface area (Å²) >= 11 is 0. The zero-order chi connectivity index (χ0) is 24.0. The molecule has 0 radical (unpaired) electrons. The van der Waals surface area contributed by atoms with Crippen LogP contribution in [0.15, 0.2) is 0 Å². The van der Waals surface area contributed by atoms with Crippen LogP contribution >= 0.6 is 0 Å². The second-order valence-corrected chi connectivity index (χ2v) is 8.84. The maximum atomic E-state index is 12.6. The second-order valence-electron chi connectivity index (χ2n) is 8.84. The van der Waals surface area contributed by atoms with Gasteiger partial charge in [-0.1, -0.05) is 90.9 Å². The smallest absolute Gasteiger partial charge is 0.324 e. The van der Waals surface area contributed by atoms with Gasteiger partial charge in [-0.25, -0.2) is 0 Å². The van der Waals surface area contributed by atoms with Gasteiger partial charge in [0.1, 0.15) is 11.7 Å². The molecule has 0 aliphatic carbocycles. The highest BCUT2D eigenvalue weighted by Crippen LogP contribution is 2.18. The summed E-state index contributed by atoms with van der Waals surface area (Å²) in [5.74, 6) is -3.64. The fraction of sp³-hybridized carbons (Fsp3) is 0.846. The largest absolute Gasteiger partial charge is 0.481 e. The van der Waals surface area contributed by atoms with Crippen molar-refractivity contribution in [2.75, 3.05) is 0 Å². The summed E-state index contributed by atoms with van der Waals surface area (Å²) in [4.78, 5) is 47.9. The number of hydrogen-bond donors (Lipinski definition) is 1. The molecule has 6 nitrogen and oxygen atoms in total. The van der Waals surface area contributed by atoms with Gasteiger partial charge in [0.15, 0.2) is 0 Å². The molecule has 186 valence electrons. The van der Waals surface area contributed by atoms with Crippen molar-refractivity contribution in [1.82, 2.24) is 0 Å². The number of hydrogen-bond acceptors (Lipinski definition) is 5. The summed E-state index contributed by atoms with van der Waals surface area (Å²) in [6, 6.07) is 0. The molecule has 0 spiro atoms. The number of ketones is 1. The Kier molecular flexibility index (Phi) is 20.0. The Hall–Kier alpha value is -1.72.